The smallest absolute Gasteiger partial charge is 0.251 e. The van der Waals surface area contributed by atoms with Gasteiger partial charge in [-0.05, 0) is 61.9 Å². The molecule has 4 aromatic rings. The van der Waals surface area contributed by atoms with Crippen molar-refractivity contribution in [3.05, 3.63) is 71.9 Å². The van der Waals surface area contributed by atoms with Crippen molar-refractivity contribution in [2.24, 2.45) is 5.92 Å². The van der Waals surface area contributed by atoms with E-state index in [-0.39, 0.29) is 11.8 Å². The number of hydrogen-bond donors (Lipinski definition) is 3. The lowest BCUT2D eigenvalue weighted by atomic mass is 10.1. The topological polar surface area (TPSA) is 100 Å². The number of nitrogens with one attached hydrogen (secondary N) is 3. The number of carbonyl (C=O) groups excluding carboxylic acids is 2. The lowest BCUT2D eigenvalue weighted by Gasteiger charge is -2.13. The van der Waals surface area contributed by atoms with Gasteiger partial charge in [0.25, 0.3) is 11.8 Å². The van der Waals surface area contributed by atoms with Crippen LogP contribution in [0.15, 0.2) is 60.8 Å². The summed E-state index contributed by atoms with van der Waals surface area (Å²) in [5, 5.41) is 14.5. The van der Waals surface area contributed by atoms with Crippen LogP contribution in [0.25, 0.3) is 28.2 Å². The van der Waals surface area contributed by atoms with E-state index in [0.717, 1.165) is 66.1 Å². The van der Waals surface area contributed by atoms with E-state index in [1.807, 2.05) is 65.3 Å². The molecule has 2 aliphatic rings. The third-order valence-corrected chi connectivity index (χ3v) is 6.88. The lowest BCUT2D eigenvalue weighted by Crippen LogP contribution is -2.25. The maximum atomic E-state index is 12.4. The third kappa shape index (κ3) is 5.25. The Labute approximate surface area is 221 Å². The van der Waals surface area contributed by atoms with E-state index in [4.69, 9.17) is 5.10 Å². The van der Waals surface area contributed by atoms with Crippen LogP contribution >= 0.6 is 0 Å². The van der Waals surface area contributed by atoms with E-state index < -0.39 is 0 Å². The first-order valence-corrected chi connectivity index (χ1v) is 13.4. The van der Waals surface area contributed by atoms with Gasteiger partial charge in [0.05, 0.1) is 23.3 Å². The number of fused-ring (bicyclic) bond motifs is 1. The van der Waals surface area contributed by atoms with Gasteiger partial charge in [0.15, 0.2) is 5.65 Å². The van der Waals surface area contributed by atoms with Crippen LogP contribution in [-0.4, -0.2) is 45.0 Å². The highest BCUT2D eigenvalue weighted by molar-refractivity contribution is 5.95. The molecule has 2 aliphatic carbocycles. The molecule has 6 rings (SSSR count). The van der Waals surface area contributed by atoms with Crippen molar-refractivity contribution in [2.75, 3.05) is 11.9 Å². The fourth-order valence-corrected chi connectivity index (χ4v) is 4.33. The van der Waals surface area contributed by atoms with E-state index in [0.29, 0.717) is 29.1 Å². The molecule has 2 heterocycles. The number of nitrogens with zero attached hydrogens (tertiary/aromatic N) is 3. The number of benzene rings is 2. The van der Waals surface area contributed by atoms with Crippen molar-refractivity contribution in [3.63, 3.8) is 0 Å². The third-order valence-electron chi connectivity index (χ3n) is 6.88. The van der Waals surface area contributed by atoms with Crippen molar-refractivity contribution < 1.29 is 9.59 Å². The van der Waals surface area contributed by atoms with E-state index in [1.165, 1.54) is 0 Å². The first-order valence-electron chi connectivity index (χ1n) is 13.4. The first-order chi connectivity index (χ1) is 18.4. The van der Waals surface area contributed by atoms with E-state index in [2.05, 4.69) is 34.8 Å². The van der Waals surface area contributed by atoms with Crippen molar-refractivity contribution in [3.8, 4) is 22.5 Å². The van der Waals surface area contributed by atoms with Crippen LogP contribution in [0.5, 0.6) is 0 Å². The van der Waals surface area contributed by atoms with Gasteiger partial charge >= 0.3 is 0 Å². The highest BCUT2D eigenvalue weighted by atomic mass is 16.2. The van der Waals surface area contributed by atoms with Crippen LogP contribution in [0.4, 0.5) is 5.69 Å². The summed E-state index contributed by atoms with van der Waals surface area (Å²) in [4.78, 5) is 29.6. The summed E-state index contributed by atoms with van der Waals surface area (Å²) < 4.78 is 1.85. The molecule has 8 heteroatoms. The molecule has 38 heavy (non-hydrogen) atoms. The number of hydrogen-bond acceptors (Lipinski definition) is 5. The maximum Gasteiger partial charge on any atom is 0.251 e. The minimum atomic E-state index is -0.0352. The van der Waals surface area contributed by atoms with E-state index in [9.17, 15) is 9.59 Å². The highest BCUT2D eigenvalue weighted by Gasteiger charge is 2.25. The molecule has 0 aliphatic heterocycles. The molecule has 8 nitrogen and oxygen atoms in total. The number of amides is 2. The fourth-order valence-electron chi connectivity index (χ4n) is 4.33. The molecule has 2 amide bonds. The second-order valence-corrected chi connectivity index (χ2v) is 10.7. The van der Waals surface area contributed by atoms with Gasteiger partial charge in [-0.2, -0.15) is 5.10 Å². The molecule has 0 radical (unpaired) electrons. The molecule has 0 spiro atoms. The molecule has 0 bridgehead atoms. The molecule has 2 aromatic carbocycles. The van der Waals surface area contributed by atoms with Crippen LogP contribution in [-0.2, 0) is 0 Å². The number of aromatic nitrogens is 3. The zero-order valence-electron chi connectivity index (χ0n) is 21.7. The minimum Gasteiger partial charge on any atom is -0.382 e. The van der Waals surface area contributed by atoms with Crippen molar-refractivity contribution in [2.45, 2.75) is 51.6 Å². The Kier molecular flexibility index (Phi) is 6.31. The monoisotopic (exact) mass is 508 g/mol. The number of anilines is 1. The minimum absolute atomic E-state index is 0.0343. The molecule has 2 saturated carbocycles. The SMILES string of the molecule is CC(C)CNc1cc(-c2ccc(C(=O)NC3CC3)cc2)nn2c(-c3ccc(C(=O)NC4CC4)cc3)cnc12. The van der Waals surface area contributed by atoms with Gasteiger partial charge in [0.1, 0.15) is 0 Å². The summed E-state index contributed by atoms with van der Waals surface area (Å²) in [5.74, 6) is 0.389. The molecule has 2 fully saturated rings. The molecule has 194 valence electrons. The van der Waals surface area contributed by atoms with Gasteiger partial charge in [-0.15, -0.1) is 0 Å². The van der Waals surface area contributed by atoms with E-state index >= 15 is 0 Å². The van der Waals surface area contributed by atoms with Crippen LogP contribution in [0.3, 0.4) is 0 Å². The number of imidazole rings is 1. The summed E-state index contributed by atoms with van der Waals surface area (Å²) in [6.07, 6.45) is 6.05. The Morgan fingerprint density at radius 1 is 0.868 bits per heavy atom. The van der Waals surface area contributed by atoms with Crippen molar-refractivity contribution >= 4 is 23.1 Å². The molecule has 0 saturated heterocycles. The van der Waals surface area contributed by atoms with Gasteiger partial charge in [0, 0.05) is 40.9 Å². The number of rotatable bonds is 9. The predicted molar refractivity (Wildman–Crippen MR) is 148 cm³/mol. The standard InChI is InChI=1S/C30H32N6O2/c1-18(2)16-31-26-15-25(19-3-7-21(8-4-19)29(37)33-23-11-12-23)35-36-27(17-32-28(26)36)20-5-9-22(10-6-20)30(38)34-24-13-14-24/h3-10,15,17-18,23-24,31H,11-14,16H2,1-2H3,(H,33,37)(H,34,38). The van der Waals surface area contributed by atoms with Gasteiger partial charge < -0.3 is 16.0 Å². The summed E-state index contributed by atoms with van der Waals surface area (Å²) in [6.45, 7) is 5.12. The lowest BCUT2D eigenvalue weighted by molar-refractivity contribution is 0.0942. The zero-order valence-corrected chi connectivity index (χ0v) is 21.7. The quantitative estimate of drug-likeness (QED) is 0.298. The molecule has 0 atom stereocenters. The van der Waals surface area contributed by atoms with Gasteiger partial charge in [-0.1, -0.05) is 38.1 Å². The summed E-state index contributed by atoms with van der Waals surface area (Å²) >= 11 is 0. The average molecular weight is 509 g/mol. The van der Waals surface area contributed by atoms with Crippen LogP contribution in [0.1, 0.15) is 60.2 Å². The molecular formula is C30H32N6O2. The largest absolute Gasteiger partial charge is 0.382 e. The van der Waals surface area contributed by atoms with Gasteiger partial charge in [0.2, 0.25) is 0 Å². The second kappa shape index (κ2) is 9.93. The molecule has 2 aromatic heterocycles. The van der Waals surface area contributed by atoms with Gasteiger partial charge in [-0.3, -0.25) is 9.59 Å². The Hall–Kier alpha value is -4.20. The molecule has 0 unspecified atom stereocenters. The van der Waals surface area contributed by atoms with Crippen LogP contribution in [0.2, 0.25) is 0 Å². The molecular weight excluding hydrogens is 476 g/mol. The summed E-state index contributed by atoms with van der Waals surface area (Å²) in [6, 6.07) is 17.8. The Morgan fingerprint density at radius 3 is 1.95 bits per heavy atom. The summed E-state index contributed by atoms with van der Waals surface area (Å²) in [5.41, 5.74) is 6.37. The average Bonchev–Trinajstić information content (AvgIpc) is 3.86. The van der Waals surface area contributed by atoms with E-state index in [1.54, 1.807) is 0 Å². The predicted octanol–water partition coefficient (Wildman–Crippen LogP) is 4.92. The van der Waals surface area contributed by atoms with Crippen molar-refractivity contribution in [1.82, 2.24) is 25.2 Å². The van der Waals surface area contributed by atoms with Crippen LogP contribution < -0.4 is 16.0 Å². The number of carbonyl (C=O) groups is 2. The Morgan fingerprint density at radius 2 is 1.42 bits per heavy atom. The molecule has 3 N–H and O–H groups in total. The second-order valence-electron chi connectivity index (χ2n) is 10.7. The highest BCUT2D eigenvalue weighted by Crippen LogP contribution is 2.29. The Balaban J connectivity index is 1.34. The summed E-state index contributed by atoms with van der Waals surface area (Å²) in [7, 11) is 0. The Bertz CT molecular complexity index is 1480. The van der Waals surface area contributed by atoms with Gasteiger partial charge in [-0.25, -0.2) is 9.50 Å². The zero-order chi connectivity index (χ0) is 26.2. The fraction of sp³-hybridized carbons (Fsp3) is 0.333. The van der Waals surface area contributed by atoms with Crippen LogP contribution in [0, 0.1) is 5.92 Å². The maximum absolute atomic E-state index is 12.4. The first kappa shape index (κ1) is 24.2. The van der Waals surface area contributed by atoms with Crippen molar-refractivity contribution in [1.29, 1.82) is 0 Å². The normalized spacial score (nSPS) is 15.0.